The van der Waals surface area contributed by atoms with Crippen molar-refractivity contribution >= 4 is 29.1 Å². The number of H-pyrrole nitrogens is 1. The molecule has 5 nitrogen and oxygen atoms in total. The molecule has 2 N–H and O–H groups in total. The maximum absolute atomic E-state index is 11.9. The number of aromatic amines is 1. The monoisotopic (exact) mass is 284 g/mol. The summed E-state index contributed by atoms with van der Waals surface area (Å²) >= 11 is 11.5. The molecule has 2 aromatic rings. The van der Waals surface area contributed by atoms with Crippen LogP contribution in [0.15, 0.2) is 24.7 Å². The van der Waals surface area contributed by atoms with Crippen LogP contribution in [0.1, 0.15) is 28.9 Å². The van der Waals surface area contributed by atoms with E-state index in [1.54, 1.807) is 12.4 Å². The van der Waals surface area contributed by atoms with Gasteiger partial charge >= 0.3 is 0 Å². The Kier molecular flexibility index (Phi) is 3.84. The molecular formula is C11H10Cl2N4O. The maximum atomic E-state index is 11.9. The number of amides is 1. The summed E-state index contributed by atoms with van der Waals surface area (Å²) in [6.45, 7) is 1.85. The smallest absolute Gasteiger partial charge is 0.253 e. The van der Waals surface area contributed by atoms with E-state index in [-0.39, 0.29) is 22.1 Å². The van der Waals surface area contributed by atoms with Gasteiger partial charge in [-0.15, -0.1) is 0 Å². The quantitative estimate of drug-likeness (QED) is 0.851. The number of nitrogens with zero attached hydrogens (tertiary/aromatic N) is 2. The third-order valence-electron chi connectivity index (χ3n) is 2.43. The summed E-state index contributed by atoms with van der Waals surface area (Å²) in [7, 11) is 0. The Bertz CT molecular complexity index is 556. The predicted octanol–water partition coefficient (Wildman–Crippen LogP) is 2.60. The van der Waals surface area contributed by atoms with Crippen molar-refractivity contribution in [2.24, 2.45) is 0 Å². The van der Waals surface area contributed by atoms with Crippen LogP contribution in [0.5, 0.6) is 0 Å². The Morgan fingerprint density at radius 2 is 2.22 bits per heavy atom. The number of carbonyl (C=O) groups is 1. The van der Waals surface area contributed by atoms with Gasteiger partial charge in [-0.1, -0.05) is 23.2 Å². The summed E-state index contributed by atoms with van der Waals surface area (Å²) in [5.74, 6) is -0.269. The lowest BCUT2D eigenvalue weighted by atomic mass is 10.2. The van der Waals surface area contributed by atoms with E-state index in [2.05, 4.69) is 20.5 Å². The molecule has 0 fully saturated rings. The Morgan fingerprint density at radius 1 is 1.44 bits per heavy atom. The minimum Gasteiger partial charge on any atom is -0.345 e. The Morgan fingerprint density at radius 3 is 2.83 bits per heavy atom. The van der Waals surface area contributed by atoms with Gasteiger partial charge in [-0.25, -0.2) is 4.98 Å². The first-order valence-electron chi connectivity index (χ1n) is 5.18. The molecule has 0 bridgehead atoms. The highest BCUT2D eigenvalue weighted by Crippen LogP contribution is 2.20. The van der Waals surface area contributed by atoms with E-state index < -0.39 is 0 Å². The van der Waals surface area contributed by atoms with E-state index in [4.69, 9.17) is 23.2 Å². The average molecular weight is 285 g/mol. The molecule has 0 saturated heterocycles. The molecule has 1 unspecified atom stereocenters. The SMILES string of the molecule is CC(NC(=O)c1cnc(Cl)c(Cl)c1)c1cn[nH]c1. The maximum Gasteiger partial charge on any atom is 0.253 e. The topological polar surface area (TPSA) is 70.7 Å². The Hall–Kier alpha value is -1.59. The molecule has 2 aromatic heterocycles. The molecule has 0 saturated carbocycles. The van der Waals surface area contributed by atoms with Gasteiger partial charge in [-0.05, 0) is 13.0 Å². The third-order valence-corrected chi connectivity index (χ3v) is 3.11. The van der Waals surface area contributed by atoms with Gasteiger partial charge in [0.1, 0.15) is 5.15 Å². The first-order chi connectivity index (χ1) is 8.58. The van der Waals surface area contributed by atoms with Gasteiger partial charge in [0, 0.05) is 18.0 Å². The van der Waals surface area contributed by atoms with Crippen molar-refractivity contribution in [1.82, 2.24) is 20.5 Å². The van der Waals surface area contributed by atoms with E-state index in [1.165, 1.54) is 12.3 Å². The second kappa shape index (κ2) is 5.37. The zero-order valence-electron chi connectivity index (χ0n) is 9.45. The molecular weight excluding hydrogens is 275 g/mol. The van der Waals surface area contributed by atoms with Crippen LogP contribution in [0, 0.1) is 0 Å². The Balaban J connectivity index is 2.10. The lowest BCUT2D eigenvalue weighted by Crippen LogP contribution is -2.26. The standard InChI is InChI=1S/C11H10Cl2N4O/c1-6(8-4-15-16-5-8)17-11(18)7-2-9(12)10(13)14-3-7/h2-6H,1H3,(H,15,16)(H,17,18). The van der Waals surface area contributed by atoms with Crippen LogP contribution in [0.25, 0.3) is 0 Å². The second-order valence-corrected chi connectivity index (χ2v) is 4.49. The predicted molar refractivity (Wildman–Crippen MR) is 68.7 cm³/mol. The summed E-state index contributed by atoms with van der Waals surface area (Å²) in [6, 6.07) is 1.32. The lowest BCUT2D eigenvalue weighted by molar-refractivity contribution is 0.0939. The van der Waals surface area contributed by atoms with E-state index in [0.29, 0.717) is 5.56 Å². The summed E-state index contributed by atoms with van der Waals surface area (Å²) in [5.41, 5.74) is 1.25. The normalized spacial score (nSPS) is 12.2. The summed E-state index contributed by atoms with van der Waals surface area (Å²) < 4.78 is 0. The van der Waals surface area contributed by atoms with E-state index >= 15 is 0 Å². The van der Waals surface area contributed by atoms with Gasteiger partial charge in [0.2, 0.25) is 0 Å². The van der Waals surface area contributed by atoms with Gasteiger partial charge in [-0.3, -0.25) is 9.89 Å². The van der Waals surface area contributed by atoms with Crippen LogP contribution >= 0.6 is 23.2 Å². The molecule has 1 amide bonds. The molecule has 18 heavy (non-hydrogen) atoms. The number of carbonyl (C=O) groups excluding carboxylic acids is 1. The molecule has 0 aliphatic heterocycles. The number of aromatic nitrogens is 3. The summed E-state index contributed by atoms with van der Waals surface area (Å²) in [4.78, 5) is 15.8. The van der Waals surface area contributed by atoms with Gasteiger partial charge in [0.05, 0.1) is 22.8 Å². The minimum atomic E-state index is -0.269. The fourth-order valence-electron chi connectivity index (χ4n) is 1.41. The zero-order chi connectivity index (χ0) is 13.1. The van der Waals surface area contributed by atoms with Gasteiger partial charge in [-0.2, -0.15) is 5.10 Å². The van der Waals surface area contributed by atoms with Crippen molar-refractivity contribution in [1.29, 1.82) is 0 Å². The van der Waals surface area contributed by atoms with Crippen LogP contribution in [0.4, 0.5) is 0 Å². The highest BCUT2D eigenvalue weighted by atomic mass is 35.5. The van der Waals surface area contributed by atoms with Crippen LogP contribution in [0.2, 0.25) is 10.2 Å². The third kappa shape index (κ3) is 2.80. The van der Waals surface area contributed by atoms with Crippen molar-refractivity contribution in [2.45, 2.75) is 13.0 Å². The van der Waals surface area contributed by atoms with Gasteiger partial charge in [0.15, 0.2) is 0 Å². The first-order valence-corrected chi connectivity index (χ1v) is 5.94. The molecule has 0 radical (unpaired) electrons. The van der Waals surface area contributed by atoms with Crippen molar-refractivity contribution in [3.8, 4) is 0 Å². The fourth-order valence-corrected chi connectivity index (χ4v) is 1.68. The van der Waals surface area contributed by atoms with Crippen LogP contribution in [0.3, 0.4) is 0 Å². The minimum absolute atomic E-state index is 0.161. The molecule has 1 atom stereocenters. The highest BCUT2D eigenvalue weighted by molar-refractivity contribution is 6.41. The van der Waals surface area contributed by atoms with E-state index in [9.17, 15) is 4.79 Å². The zero-order valence-corrected chi connectivity index (χ0v) is 11.0. The molecule has 7 heteroatoms. The largest absolute Gasteiger partial charge is 0.345 e. The molecule has 94 valence electrons. The number of nitrogens with one attached hydrogen (secondary N) is 2. The van der Waals surface area contributed by atoms with Crippen molar-refractivity contribution < 1.29 is 4.79 Å². The highest BCUT2D eigenvalue weighted by Gasteiger charge is 2.13. The lowest BCUT2D eigenvalue weighted by Gasteiger charge is -2.12. The molecule has 0 aromatic carbocycles. The van der Waals surface area contributed by atoms with Crippen LogP contribution in [-0.4, -0.2) is 21.1 Å². The molecule has 0 aliphatic carbocycles. The molecule has 2 rings (SSSR count). The van der Waals surface area contributed by atoms with Crippen molar-refractivity contribution in [3.63, 3.8) is 0 Å². The molecule has 0 aliphatic rings. The average Bonchev–Trinajstić information content (AvgIpc) is 2.86. The van der Waals surface area contributed by atoms with Gasteiger partial charge < -0.3 is 5.32 Å². The number of rotatable bonds is 3. The number of hydrogen-bond acceptors (Lipinski definition) is 3. The Labute approximate surface area is 114 Å². The van der Waals surface area contributed by atoms with Crippen LogP contribution in [-0.2, 0) is 0 Å². The van der Waals surface area contributed by atoms with Crippen molar-refractivity contribution in [3.05, 3.63) is 46.0 Å². The second-order valence-electron chi connectivity index (χ2n) is 3.72. The van der Waals surface area contributed by atoms with Gasteiger partial charge in [0.25, 0.3) is 5.91 Å². The first kappa shape index (κ1) is 12.9. The number of hydrogen-bond donors (Lipinski definition) is 2. The number of pyridine rings is 1. The summed E-state index contributed by atoms with van der Waals surface area (Å²) in [6.07, 6.45) is 4.75. The van der Waals surface area contributed by atoms with Crippen molar-refractivity contribution in [2.75, 3.05) is 0 Å². The molecule has 0 spiro atoms. The van der Waals surface area contributed by atoms with Crippen LogP contribution < -0.4 is 5.32 Å². The van der Waals surface area contributed by atoms with E-state index in [0.717, 1.165) is 5.56 Å². The molecule has 2 heterocycles. The summed E-state index contributed by atoms with van der Waals surface area (Å²) in [5, 5.41) is 9.74. The number of halogens is 2. The van der Waals surface area contributed by atoms with E-state index in [1.807, 2.05) is 6.92 Å². The fraction of sp³-hybridized carbons (Fsp3) is 0.182.